The predicted octanol–water partition coefficient (Wildman–Crippen LogP) is 2.56. The maximum atomic E-state index is 12.0. The van der Waals surface area contributed by atoms with E-state index in [1.165, 1.54) is 5.06 Å². The Morgan fingerprint density at radius 2 is 1.83 bits per heavy atom. The average Bonchev–Trinajstić information content (AvgIpc) is 2.24. The van der Waals surface area contributed by atoms with Crippen LogP contribution in [0.2, 0.25) is 0 Å². The number of hydrogen-bond acceptors (Lipinski definition) is 3. The Hall–Kier alpha value is -0.610. The average molecular weight is 256 g/mol. The van der Waals surface area contributed by atoms with Crippen molar-refractivity contribution in [3.63, 3.8) is 0 Å². The molecule has 0 aromatic heterocycles. The van der Waals surface area contributed by atoms with Gasteiger partial charge in [-0.25, -0.2) is 0 Å². The molecule has 0 spiro atoms. The molecule has 1 rings (SSSR count). The van der Waals surface area contributed by atoms with Crippen molar-refractivity contribution < 1.29 is 10.0 Å². The topological polar surface area (TPSA) is 52.6 Å². The van der Waals surface area contributed by atoms with Gasteiger partial charge >= 0.3 is 0 Å². The van der Waals surface area contributed by atoms with Crippen molar-refractivity contribution in [1.29, 1.82) is 0 Å². The summed E-state index contributed by atoms with van der Waals surface area (Å²) in [5, 5.41) is 14.6. The van der Waals surface area contributed by atoms with E-state index in [2.05, 4.69) is 26.1 Å². The minimum atomic E-state index is -0.433. The van der Waals surface area contributed by atoms with Crippen molar-refractivity contribution >= 4 is 5.91 Å². The molecule has 106 valence electrons. The number of carbonyl (C=O) groups is 1. The zero-order chi connectivity index (χ0) is 14.4. The third kappa shape index (κ3) is 3.23. The van der Waals surface area contributed by atoms with E-state index in [0.29, 0.717) is 6.42 Å². The highest BCUT2D eigenvalue weighted by molar-refractivity contribution is 5.77. The molecule has 0 aliphatic carbocycles. The second kappa shape index (κ2) is 4.49. The second-order valence-corrected chi connectivity index (χ2v) is 7.84. The van der Waals surface area contributed by atoms with E-state index < -0.39 is 5.54 Å². The number of hydrogen-bond donors (Lipinski definition) is 2. The number of rotatable bonds is 2. The molecule has 1 aliphatic rings. The van der Waals surface area contributed by atoms with Gasteiger partial charge in [0.15, 0.2) is 0 Å². The SMILES string of the molecule is CC(C)(C)CC(=O)NC1CC(C)(C)N(O)C1(C)C. The van der Waals surface area contributed by atoms with Crippen molar-refractivity contribution in [2.45, 2.75) is 78.4 Å². The lowest BCUT2D eigenvalue weighted by Gasteiger charge is -2.36. The van der Waals surface area contributed by atoms with Crippen molar-refractivity contribution in [1.82, 2.24) is 10.4 Å². The van der Waals surface area contributed by atoms with E-state index in [4.69, 9.17) is 0 Å². The molecular formula is C14H28N2O2. The van der Waals surface area contributed by atoms with Crippen LogP contribution in [0.25, 0.3) is 0 Å². The largest absolute Gasteiger partial charge is 0.351 e. The molecule has 2 N–H and O–H groups in total. The molecule has 4 heteroatoms. The van der Waals surface area contributed by atoms with Gasteiger partial charge in [0.2, 0.25) is 5.91 Å². The van der Waals surface area contributed by atoms with Crippen molar-refractivity contribution in [3.8, 4) is 0 Å². The molecule has 0 aromatic rings. The Kier molecular flexibility index (Phi) is 3.86. The molecule has 1 heterocycles. The van der Waals surface area contributed by atoms with Crippen LogP contribution >= 0.6 is 0 Å². The highest BCUT2D eigenvalue weighted by atomic mass is 16.5. The van der Waals surface area contributed by atoms with Crippen LogP contribution in [0.15, 0.2) is 0 Å². The first-order valence-corrected chi connectivity index (χ1v) is 6.65. The summed E-state index contributed by atoms with van der Waals surface area (Å²) in [5.74, 6) is 0.0617. The third-order valence-corrected chi connectivity index (χ3v) is 3.70. The molecular weight excluding hydrogens is 228 g/mol. The molecule has 0 bridgehead atoms. The van der Waals surface area contributed by atoms with Crippen LogP contribution < -0.4 is 5.32 Å². The molecule has 0 saturated carbocycles. The van der Waals surface area contributed by atoms with Gasteiger partial charge in [0.05, 0.1) is 11.6 Å². The van der Waals surface area contributed by atoms with Crippen LogP contribution in [0.1, 0.15) is 61.3 Å². The first-order chi connectivity index (χ1) is 7.86. The fourth-order valence-electron chi connectivity index (χ4n) is 2.72. The minimum absolute atomic E-state index is 0.0126. The molecule has 1 fully saturated rings. The standard InChI is InChI=1S/C14H28N2O2/c1-12(2,3)9-11(17)15-10-8-13(4,5)16(18)14(10,6)7/h10,18H,8-9H2,1-7H3,(H,15,17). The van der Waals surface area contributed by atoms with E-state index in [0.717, 1.165) is 6.42 Å². The zero-order valence-electron chi connectivity index (χ0n) is 12.8. The lowest BCUT2D eigenvalue weighted by atomic mass is 9.90. The predicted molar refractivity (Wildman–Crippen MR) is 72.4 cm³/mol. The number of nitrogens with zero attached hydrogens (tertiary/aromatic N) is 1. The van der Waals surface area contributed by atoms with Gasteiger partial charge < -0.3 is 10.5 Å². The van der Waals surface area contributed by atoms with Gasteiger partial charge in [0.25, 0.3) is 0 Å². The molecule has 1 amide bonds. The van der Waals surface area contributed by atoms with Gasteiger partial charge in [0.1, 0.15) is 0 Å². The fraction of sp³-hybridized carbons (Fsp3) is 0.929. The smallest absolute Gasteiger partial charge is 0.220 e. The van der Waals surface area contributed by atoms with E-state index in [1.54, 1.807) is 0 Å². The maximum Gasteiger partial charge on any atom is 0.220 e. The van der Waals surface area contributed by atoms with Crippen LogP contribution in [0, 0.1) is 5.41 Å². The summed E-state index contributed by atoms with van der Waals surface area (Å²) in [6, 6.07) is -0.0210. The van der Waals surface area contributed by atoms with Gasteiger partial charge in [0, 0.05) is 12.0 Å². The Bertz CT molecular complexity index is 329. The van der Waals surface area contributed by atoms with Crippen molar-refractivity contribution in [2.24, 2.45) is 5.41 Å². The van der Waals surface area contributed by atoms with E-state index in [9.17, 15) is 10.0 Å². The van der Waals surface area contributed by atoms with Crippen LogP contribution in [0.3, 0.4) is 0 Å². The lowest BCUT2D eigenvalue weighted by Crippen LogP contribution is -2.53. The summed E-state index contributed by atoms with van der Waals surface area (Å²) < 4.78 is 0. The van der Waals surface area contributed by atoms with E-state index in [1.807, 2.05) is 27.7 Å². The Balaban J connectivity index is 2.72. The number of nitrogens with one attached hydrogen (secondary N) is 1. The van der Waals surface area contributed by atoms with Crippen LogP contribution in [-0.4, -0.2) is 33.3 Å². The van der Waals surface area contributed by atoms with Gasteiger partial charge in [-0.3, -0.25) is 4.79 Å². The molecule has 0 aromatic carbocycles. The summed E-state index contributed by atoms with van der Waals surface area (Å²) in [4.78, 5) is 12.0. The summed E-state index contributed by atoms with van der Waals surface area (Å²) in [7, 11) is 0. The van der Waals surface area contributed by atoms with Gasteiger partial charge in [-0.15, -0.1) is 0 Å². The quantitative estimate of drug-likeness (QED) is 0.798. The monoisotopic (exact) mass is 256 g/mol. The van der Waals surface area contributed by atoms with Crippen molar-refractivity contribution in [2.75, 3.05) is 0 Å². The third-order valence-electron chi connectivity index (χ3n) is 3.70. The molecule has 1 unspecified atom stereocenters. The number of carbonyl (C=O) groups excluding carboxylic acids is 1. The van der Waals surface area contributed by atoms with Crippen LogP contribution in [-0.2, 0) is 4.79 Å². The first-order valence-electron chi connectivity index (χ1n) is 6.65. The minimum Gasteiger partial charge on any atom is -0.351 e. The van der Waals surface area contributed by atoms with E-state index >= 15 is 0 Å². The molecule has 4 nitrogen and oxygen atoms in total. The normalized spacial score (nSPS) is 27.2. The maximum absolute atomic E-state index is 12.0. The summed E-state index contributed by atoms with van der Waals surface area (Å²) in [6.45, 7) is 14.1. The fourth-order valence-corrected chi connectivity index (χ4v) is 2.72. The Labute approximate surface area is 111 Å². The summed E-state index contributed by atoms with van der Waals surface area (Å²) >= 11 is 0. The zero-order valence-corrected chi connectivity index (χ0v) is 12.8. The highest BCUT2D eigenvalue weighted by Crippen LogP contribution is 2.39. The van der Waals surface area contributed by atoms with Crippen LogP contribution in [0.4, 0.5) is 0 Å². The molecule has 18 heavy (non-hydrogen) atoms. The molecule has 1 atom stereocenters. The number of hydroxylamine groups is 2. The second-order valence-electron chi connectivity index (χ2n) is 7.84. The lowest BCUT2D eigenvalue weighted by molar-refractivity contribution is -0.194. The van der Waals surface area contributed by atoms with Gasteiger partial charge in [-0.05, 0) is 39.5 Å². The number of amides is 1. The highest BCUT2D eigenvalue weighted by Gasteiger charge is 2.51. The Morgan fingerprint density at radius 1 is 1.33 bits per heavy atom. The van der Waals surface area contributed by atoms with Gasteiger partial charge in [-0.1, -0.05) is 20.8 Å². The van der Waals surface area contributed by atoms with Crippen LogP contribution in [0.5, 0.6) is 0 Å². The first kappa shape index (κ1) is 15.4. The molecule has 0 radical (unpaired) electrons. The summed E-state index contributed by atoms with van der Waals surface area (Å²) in [5.41, 5.74) is -0.749. The van der Waals surface area contributed by atoms with Gasteiger partial charge in [-0.2, -0.15) is 5.06 Å². The Morgan fingerprint density at radius 3 is 2.17 bits per heavy atom. The molecule has 1 saturated heterocycles. The van der Waals surface area contributed by atoms with E-state index in [-0.39, 0.29) is 22.9 Å². The molecule has 1 aliphatic heterocycles. The summed E-state index contributed by atoms with van der Waals surface area (Å²) in [6.07, 6.45) is 1.26. The van der Waals surface area contributed by atoms with Crippen molar-refractivity contribution in [3.05, 3.63) is 0 Å².